The Morgan fingerprint density at radius 2 is 2.05 bits per heavy atom. The maximum Gasteiger partial charge on any atom is 0.488 e. The average molecular weight is 262 g/mol. The molecule has 1 saturated carbocycles. The van der Waals surface area contributed by atoms with Crippen LogP contribution in [0.25, 0.3) is 0 Å². The minimum Gasteiger partial charge on any atom is -0.423 e. The lowest BCUT2D eigenvalue weighted by Gasteiger charge is -2.30. The second kappa shape index (κ2) is 7.08. The lowest BCUT2D eigenvalue weighted by molar-refractivity contribution is -0.0221. The highest BCUT2D eigenvalue weighted by molar-refractivity contribution is 6.58. The van der Waals surface area contributed by atoms with Gasteiger partial charge in [-0.15, -0.1) is 0 Å². The first-order valence-corrected chi connectivity index (χ1v) is 7.27. The zero-order chi connectivity index (χ0) is 13.7. The molecule has 1 aliphatic carbocycles. The van der Waals surface area contributed by atoms with Gasteiger partial charge in [0.25, 0.3) is 0 Å². The first-order chi connectivity index (χ1) is 9.20. The van der Waals surface area contributed by atoms with Crippen molar-refractivity contribution in [2.45, 2.75) is 51.7 Å². The number of ether oxygens (including phenoxy) is 1. The van der Waals surface area contributed by atoms with E-state index >= 15 is 0 Å². The molecular formula is C15H23BO3. The van der Waals surface area contributed by atoms with E-state index in [1.807, 2.05) is 12.1 Å². The van der Waals surface area contributed by atoms with Crippen LogP contribution in [-0.2, 0) is 11.3 Å². The molecule has 1 fully saturated rings. The number of hydrogen-bond donors (Lipinski definition) is 2. The molecule has 104 valence electrons. The Labute approximate surface area is 115 Å². The van der Waals surface area contributed by atoms with Crippen LogP contribution < -0.4 is 5.46 Å². The predicted molar refractivity (Wildman–Crippen MR) is 77.1 cm³/mol. The smallest absolute Gasteiger partial charge is 0.423 e. The Balaban J connectivity index is 1.92. The van der Waals surface area contributed by atoms with Gasteiger partial charge in [-0.2, -0.15) is 0 Å². The fourth-order valence-corrected chi connectivity index (χ4v) is 2.91. The van der Waals surface area contributed by atoms with Crippen molar-refractivity contribution < 1.29 is 14.8 Å². The summed E-state index contributed by atoms with van der Waals surface area (Å²) in [7, 11) is -1.40. The monoisotopic (exact) mass is 262 g/mol. The molecule has 0 saturated heterocycles. The summed E-state index contributed by atoms with van der Waals surface area (Å²) in [5.74, 6) is 0.681. The normalized spacial score (nSPS) is 23.3. The molecule has 2 rings (SSSR count). The van der Waals surface area contributed by atoms with Gasteiger partial charge in [0.05, 0.1) is 12.7 Å². The Kier molecular flexibility index (Phi) is 5.43. The number of rotatable bonds is 5. The van der Waals surface area contributed by atoms with Crippen molar-refractivity contribution in [2.75, 3.05) is 0 Å². The fraction of sp³-hybridized carbons (Fsp3) is 0.600. The van der Waals surface area contributed by atoms with Gasteiger partial charge in [-0.1, -0.05) is 50.5 Å². The summed E-state index contributed by atoms with van der Waals surface area (Å²) in [4.78, 5) is 0. The summed E-state index contributed by atoms with van der Waals surface area (Å²) >= 11 is 0. The molecule has 19 heavy (non-hydrogen) atoms. The number of benzene rings is 1. The molecular weight excluding hydrogens is 239 g/mol. The molecule has 0 aromatic heterocycles. The van der Waals surface area contributed by atoms with E-state index in [9.17, 15) is 0 Å². The predicted octanol–water partition coefficient (Wildman–Crippen LogP) is 1.85. The summed E-state index contributed by atoms with van der Waals surface area (Å²) in [6, 6.07) is 7.32. The van der Waals surface area contributed by atoms with Gasteiger partial charge in [0.15, 0.2) is 0 Å². The zero-order valence-electron chi connectivity index (χ0n) is 11.6. The quantitative estimate of drug-likeness (QED) is 0.796. The van der Waals surface area contributed by atoms with Crippen molar-refractivity contribution in [3.8, 4) is 0 Å². The molecule has 0 bridgehead atoms. The summed E-state index contributed by atoms with van der Waals surface area (Å²) in [5.41, 5.74) is 1.53. The highest BCUT2D eigenvalue weighted by Crippen LogP contribution is 2.29. The maximum atomic E-state index is 9.16. The Morgan fingerprint density at radius 3 is 2.79 bits per heavy atom. The van der Waals surface area contributed by atoms with Crippen LogP contribution in [0.4, 0.5) is 0 Å². The molecule has 2 atom stereocenters. The van der Waals surface area contributed by atoms with Gasteiger partial charge < -0.3 is 14.8 Å². The van der Waals surface area contributed by atoms with Gasteiger partial charge in [0, 0.05) is 0 Å². The molecule has 2 N–H and O–H groups in total. The van der Waals surface area contributed by atoms with Crippen molar-refractivity contribution in [3.05, 3.63) is 29.8 Å². The lowest BCUT2D eigenvalue weighted by atomic mass is 9.80. The summed E-state index contributed by atoms with van der Waals surface area (Å²) in [6.45, 7) is 2.79. The van der Waals surface area contributed by atoms with Crippen LogP contribution in [0.2, 0.25) is 0 Å². The molecule has 2 unspecified atom stereocenters. The largest absolute Gasteiger partial charge is 0.488 e. The lowest BCUT2D eigenvalue weighted by Crippen LogP contribution is -2.30. The highest BCUT2D eigenvalue weighted by atomic mass is 16.5. The van der Waals surface area contributed by atoms with Gasteiger partial charge in [-0.25, -0.2) is 0 Å². The molecule has 1 aliphatic rings. The molecule has 0 amide bonds. The second-order valence-corrected chi connectivity index (χ2v) is 5.42. The Bertz CT molecular complexity index is 395. The first-order valence-electron chi connectivity index (χ1n) is 7.27. The van der Waals surface area contributed by atoms with Crippen molar-refractivity contribution in [2.24, 2.45) is 5.92 Å². The van der Waals surface area contributed by atoms with Crippen molar-refractivity contribution >= 4 is 12.6 Å². The van der Waals surface area contributed by atoms with E-state index in [2.05, 4.69) is 6.92 Å². The maximum absolute atomic E-state index is 9.16. The van der Waals surface area contributed by atoms with Crippen LogP contribution in [0.1, 0.15) is 44.6 Å². The van der Waals surface area contributed by atoms with E-state index in [0.717, 1.165) is 12.0 Å². The minimum absolute atomic E-state index is 0.362. The van der Waals surface area contributed by atoms with Gasteiger partial charge in [-0.3, -0.25) is 0 Å². The first kappa shape index (κ1) is 14.6. The van der Waals surface area contributed by atoms with Crippen LogP contribution in [0.5, 0.6) is 0 Å². The summed E-state index contributed by atoms with van der Waals surface area (Å²) < 4.78 is 6.04. The van der Waals surface area contributed by atoms with E-state index < -0.39 is 7.12 Å². The number of hydrogen-bond acceptors (Lipinski definition) is 3. The van der Waals surface area contributed by atoms with E-state index in [-0.39, 0.29) is 0 Å². The van der Waals surface area contributed by atoms with Gasteiger partial charge in [-0.05, 0) is 29.8 Å². The third-order valence-electron chi connectivity index (χ3n) is 4.08. The fourth-order valence-electron chi connectivity index (χ4n) is 2.91. The van der Waals surface area contributed by atoms with E-state index in [4.69, 9.17) is 14.8 Å². The van der Waals surface area contributed by atoms with E-state index in [1.165, 1.54) is 25.7 Å². The van der Waals surface area contributed by atoms with Crippen LogP contribution in [0.3, 0.4) is 0 Å². The van der Waals surface area contributed by atoms with E-state index in [1.54, 1.807) is 12.1 Å². The SMILES string of the molecule is CCC1CCCCC1OCc1cccc(B(O)O)c1. The van der Waals surface area contributed by atoms with Crippen molar-refractivity contribution in [1.29, 1.82) is 0 Å². The van der Waals surface area contributed by atoms with Gasteiger partial charge >= 0.3 is 7.12 Å². The molecule has 0 aliphatic heterocycles. The van der Waals surface area contributed by atoms with Crippen LogP contribution in [0.15, 0.2) is 24.3 Å². The van der Waals surface area contributed by atoms with Gasteiger partial charge in [0.2, 0.25) is 0 Å². The van der Waals surface area contributed by atoms with Gasteiger partial charge in [0.1, 0.15) is 0 Å². The molecule has 0 heterocycles. The summed E-state index contributed by atoms with van der Waals surface area (Å²) in [5, 5.41) is 18.3. The van der Waals surface area contributed by atoms with Crippen molar-refractivity contribution in [3.63, 3.8) is 0 Å². The molecule has 4 heteroatoms. The average Bonchev–Trinajstić information content (AvgIpc) is 2.45. The second-order valence-electron chi connectivity index (χ2n) is 5.42. The van der Waals surface area contributed by atoms with Crippen molar-refractivity contribution in [1.82, 2.24) is 0 Å². The van der Waals surface area contributed by atoms with Crippen LogP contribution in [0, 0.1) is 5.92 Å². The van der Waals surface area contributed by atoms with E-state index in [0.29, 0.717) is 24.1 Å². The third kappa shape index (κ3) is 4.06. The molecule has 3 nitrogen and oxygen atoms in total. The molecule has 1 aromatic carbocycles. The molecule has 0 spiro atoms. The highest BCUT2D eigenvalue weighted by Gasteiger charge is 2.24. The topological polar surface area (TPSA) is 49.7 Å². The molecule has 0 radical (unpaired) electrons. The Morgan fingerprint density at radius 1 is 1.26 bits per heavy atom. The zero-order valence-corrected chi connectivity index (χ0v) is 11.6. The standard InChI is InChI=1S/C15H23BO3/c1-2-13-7-3-4-9-15(13)19-11-12-6-5-8-14(10-12)16(17)18/h5-6,8,10,13,15,17-18H,2-4,7,9,11H2,1H3. The van der Waals surface area contributed by atoms with Crippen LogP contribution >= 0.6 is 0 Å². The Hall–Kier alpha value is -0.835. The third-order valence-corrected chi connectivity index (χ3v) is 4.08. The minimum atomic E-state index is -1.40. The summed E-state index contributed by atoms with van der Waals surface area (Å²) in [6.07, 6.45) is 6.56. The van der Waals surface area contributed by atoms with Crippen LogP contribution in [-0.4, -0.2) is 23.3 Å². The molecule has 1 aromatic rings.